The standard InChI is InChI=1S/C12H16BO2/c1-11(2)12(3,4)15-13(14-11)10-8-6-5-7-9-10/h5-8H,1-4H3. The molecule has 1 radical (unpaired) electrons. The molecule has 1 fully saturated rings. The Balaban J connectivity index is 2.24. The molecule has 0 aromatic heterocycles. The molecule has 0 unspecified atom stereocenters. The normalized spacial score (nSPS) is 23.1. The maximum atomic E-state index is 5.90. The van der Waals surface area contributed by atoms with Crippen molar-refractivity contribution < 1.29 is 9.31 Å². The lowest BCUT2D eigenvalue weighted by atomic mass is 9.79. The summed E-state index contributed by atoms with van der Waals surface area (Å²) in [6.45, 7) is 8.21. The summed E-state index contributed by atoms with van der Waals surface area (Å²) in [6.07, 6.45) is 0. The molecule has 15 heavy (non-hydrogen) atoms. The van der Waals surface area contributed by atoms with Crippen LogP contribution in [0.5, 0.6) is 0 Å². The molecule has 0 spiro atoms. The SMILES string of the molecule is CC1(C)OB(c2[c]cccc2)OC1(C)C. The lowest BCUT2D eigenvalue weighted by Crippen LogP contribution is -2.41. The third-order valence-corrected chi connectivity index (χ3v) is 3.24. The summed E-state index contributed by atoms with van der Waals surface area (Å²) in [6, 6.07) is 10.9. The molecule has 3 heteroatoms. The molecule has 2 rings (SSSR count). The Labute approximate surface area is 91.7 Å². The Kier molecular flexibility index (Phi) is 2.40. The van der Waals surface area contributed by atoms with Crippen LogP contribution in [0.15, 0.2) is 24.3 Å². The topological polar surface area (TPSA) is 18.5 Å². The van der Waals surface area contributed by atoms with Crippen molar-refractivity contribution in [2.75, 3.05) is 0 Å². The van der Waals surface area contributed by atoms with Crippen LogP contribution in [0.3, 0.4) is 0 Å². The number of rotatable bonds is 1. The van der Waals surface area contributed by atoms with E-state index < -0.39 is 0 Å². The highest BCUT2D eigenvalue weighted by atomic mass is 16.7. The van der Waals surface area contributed by atoms with Gasteiger partial charge in [-0.15, -0.1) is 0 Å². The molecule has 0 N–H and O–H groups in total. The highest BCUT2D eigenvalue weighted by Gasteiger charge is 2.51. The number of benzene rings is 1. The molecule has 1 heterocycles. The summed E-state index contributed by atoms with van der Waals surface area (Å²) < 4.78 is 11.8. The van der Waals surface area contributed by atoms with Gasteiger partial charge < -0.3 is 9.31 Å². The van der Waals surface area contributed by atoms with Crippen molar-refractivity contribution in [2.24, 2.45) is 0 Å². The van der Waals surface area contributed by atoms with Crippen LogP contribution in [-0.2, 0) is 9.31 Å². The van der Waals surface area contributed by atoms with E-state index in [1.165, 1.54) is 0 Å². The molecule has 0 atom stereocenters. The largest absolute Gasteiger partial charge is 0.495 e. The zero-order valence-electron chi connectivity index (χ0n) is 9.70. The molecule has 1 aromatic rings. The molecule has 2 nitrogen and oxygen atoms in total. The van der Waals surface area contributed by atoms with Gasteiger partial charge in [-0.25, -0.2) is 0 Å². The van der Waals surface area contributed by atoms with E-state index in [1.807, 2.05) is 24.3 Å². The van der Waals surface area contributed by atoms with Gasteiger partial charge in [0.15, 0.2) is 0 Å². The van der Waals surface area contributed by atoms with Gasteiger partial charge in [0.2, 0.25) is 0 Å². The maximum Gasteiger partial charge on any atom is 0.495 e. The second-order valence-electron chi connectivity index (χ2n) is 4.91. The quantitative estimate of drug-likeness (QED) is 0.647. The van der Waals surface area contributed by atoms with Crippen molar-refractivity contribution in [1.29, 1.82) is 0 Å². The van der Waals surface area contributed by atoms with Gasteiger partial charge in [0.05, 0.1) is 11.2 Å². The Bertz CT molecular complexity index is 330. The second-order valence-corrected chi connectivity index (χ2v) is 4.91. The first-order valence-electron chi connectivity index (χ1n) is 5.25. The molecular weight excluding hydrogens is 187 g/mol. The summed E-state index contributed by atoms with van der Waals surface area (Å²) in [5.41, 5.74) is 0.402. The number of hydrogen-bond donors (Lipinski definition) is 0. The predicted octanol–water partition coefficient (Wildman–Crippen LogP) is 1.79. The summed E-state index contributed by atoms with van der Waals surface area (Å²) in [7, 11) is -0.295. The van der Waals surface area contributed by atoms with Crippen LogP contribution < -0.4 is 5.46 Å². The minimum Gasteiger partial charge on any atom is -0.399 e. The third kappa shape index (κ3) is 1.82. The zero-order chi connectivity index (χ0) is 11.1. The minimum absolute atomic E-state index is 0.276. The van der Waals surface area contributed by atoms with E-state index in [0.717, 1.165) is 5.46 Å². The first-order chi connectivity index (χ1) is 6.92. The molecule has 0 saturated carbocycles. The maximum absolute atomic E-state index is 5.90. The Hall–Kier alpha value is -0.795. The van der Waals surface area contributed by atoms with Crippen molar-refractivity contribution in [1.82, 2.24) is 0 Å². The highest BCUT2D eigenvalue weighted by molar-refractivity contribution is 6.61. The third-order valence-electron chi connectivity index (χ3n) is 3.24. The van der Waals surface area contributed by atoms with Crippen molar-refractivity contribution in [2.45, 2.75) is 38.9 Å². The molecule has 0 bridgehead atoms. The van der Waals surface area contributed by atoms with Gasteiger partial charge in [0, 0.05) is 0 Å². The molecule has 1 aliphatic rings. The average Bonchev–Trinajstić information content (AvgIpc) is 2.38. The van der Waals surface area contributed by atoms with Crippen LogP contribution in [0.2, 0.25) is 0 Å². The predicted molar refractivity (Wildman–Crippen MR) is 61.0 cm³/mol. The zero-order valence-corrected chi connectivity index (χ0v) is 9.70. The van der Waals surface area contributed by atoms with Gasteiger partial charge in [0.1, 0.15) is 0 Å². The van der Waals surface area contributed by atoms with Crippen molar-refractivity contribution >= 4 is 12.6 Å². The summed E-state index contributed by atoms with van der Waals surface area (Å²) in [4.78, 5) is 0. The van der Waals surface area contributed by atoms with E-state index in [-0.39, 0.29) is 18.3 Å². The fourth-order valence-electron chi connectivity index (χ4n) is 1.52. The first kappa shape index (κ1) is 10.7. The van der Waals surface area contributed by atoms with Gasteiger partial charge >= 0.3 is 7.12 Å². The van der Waals surface area contributed by atoms with Crippen LogP contribution in [0.4, 0.5) is 0 Å². The van der Waals surface area contributed by atoms with E-state index in [1.54, 1.807) is 0 Å². The highest BCUT2D eigenvalue weighted by Crippen LogP contribution is 2.36. The lowest BCUT2D eigenvalue weighted by molar-refractivity contribution is 0.00578. The Morgan fingerprint density at radius 3 is 2.13 bits per heavy atom. The number of hydrogen-bond acceptors (Lipinski definition) is 2. The Morgan fingerprint density at radius 1 is 1.07 bits per heavy atom. The van der Waals surface area contributed by atoms with Crippen LogP contribution in [0.25, 0.3) is 0 Å². The Morgan fingerprint density at radius 2 is 1.67 bits per heavy atom. The van der Waals surface area contributed by atoms with Crippen molar-refractivity contribution in [3.63, 3.8) is 0 Å². The van der Waals surface area contributed by atoms with Crippen LogP contribution in [0.1, 0.15) is 27.7 Å². The van der Waals surface area contributed by atoms with Gasteiger partial charge in [-0.2, -0.15) is 0 Å². The fraction of sp³-hybridized carbons (Fsp3) is 0.500. The van der Waals surface area contributed by atoms with Crippen LogP contribution in [-0.4, -0.2) is 18.3 Å². The van der Waals surface area contributed by atoms with Gasteiger partial charge in [-0.1, -0.05) is 24.3 Å². The first-order valence-corrected chi connectivity index (χ1v) is 5.25. The van der Waals surface area contributed by atoms with Crippen LogP contribution >= 0.6 is 0 Å². The lowest BCUT2D eigenvalue weighted by Gasteiger charge is -2.32. The van der Waals surface area contributed by atoms with E-state index in [2.05, 4.69) is 33.8 Å². The molecule has 1 aromatic carbocycles. The van der Waals surface area contributed by atoms with E-state index >= 15 is 0 Å². The van der Waals surface area contributed by atoms with Crippen molar-refractivity contribution in [3.05, 3.63) is 30.3 Å². The second kappa shape index (κ2) is 3.36. The van der Waals surface area contributed by atoms with E-state index in [0.29, 0.717) is 0 Å². The smallest absolute Gasteiger partial charge is 0.399 e. The average molecular weight is 203 g/mol. The van der Waals surface area contributed by atoms with Gasteiger partial charge in [0.25, 0.3) is 0 Å². The summed E-state index contributed by atoms with van der Waals surface area (Å²) in [5, 5.41) is 0. The molecule has 0 amide bonds. The van der Waals surface area contributed by atoms with Gasteiger partial charge in [-0.3, -0.25) is 0 Å². The van der Waals surface area contributed by atoms with Gasteiger partial charge in [-0.05, 0) is 39.2 Å². The minimum atomic E-state index is -0.295. The van der Waals surface area contributed by atoms with E-state index in [9.17, 15) is 0 Å². The summed E-state index contributed by atoms with van der Waals surface area (Å²) in [5.74, 6) is 0. The van der Waals surface area contributed by atoms with Crippen molar-refractivity contribution in [3.8, 4) is 0 Å². The molecule has 1 aliphatic heterocycles. The molecule has 79 valence electrons. The molecule has 1 saturated heterocycles. The molecule has 0 aliphatic carbocycles. The molecular formula is C12H16BO2. The van der Waals surface area contributed by atoms with E-state index in [4.69, 9.17) is 9.31 Å². The fourth-order valence-corrected chi connectivity index (χ4v) is 1.52. The van der Waals surface area contributed by atoms with Crippen LogP contribution in [0, 0.1) is 6.07 Å². The summed E-state index contributed by atoms with van der Waals surface area (Å²) >= 11 is 0. The monoisotopic (exact) mass is 203 g/mol.